The number of nitrogens with zero attached hydrogens (tertiary/aromatic N) is 1. The number of nitrogens with one attached hydrogen (secondary N) is 1. The topological polar surface area (TPSA) is 79.3 Å². The van der Waals surface area contributed by atoms with Gasteiger partial charge in [0.1, 0.15) is 10.4 Å². The number of hydrogen-bond acceptors (Lipinski definition) is 4. The maximum Gasteiger partial charge on any atom is 0.332 e. The molecular formula is C31H24Cl2N2O3S. The molecule has 2 N–H and O–H groups in total. The van der Waals surface area contributed by atoms with Crippen LogP contribution in [0.1, 0.15) is 27.6 Å². The molecule has 2 unspecified atom stereocenters. The van der Waals surface area contributed by atoms with Crippen molar-refractivity contribution in [1.82, 2.24) is 10.3 Å². The Morgan fingerprint density at radius 1 is 1.03 bits per heavy atom. The molecule has 0 fully saturated rings. The van der Waals surface area contributed by atoms with E-state index in [2.05, 4.69) is 5.32 Å². The van der Waals surface area contributed by atoms with Crippen molar-refractivity contribution in [2.45, 2.75) is 24.8 Å². The Kier molecular flexibility index (Phi) is 7.71. The van der Waals surface area contributed by atoms with Crippen molar-refractivity contribution in [3.63, 3.8) is 0 Å². The van der Waals surface area contributed by atoms with Gasteiger partial charge in [-0.15, -0.1) is 11.3 Å². The summed E-state index contributed by atoms with van der Waals surface area (Å²) in [5.41, 5.74) is 2.90. The Hall–Kier alpha value is -3.71. The number of hydrogen-bond donors (Lipinski definition) is 2. The quantitative estimate of drug-likeness (QED) is 0.226. The van der Waals surface area contributed by atoms with Crippen LogP contribution in [-0.4, -0.2) is 22.0 Å². The van der Waals surface area contributed by atoms with E-state index in [1.165, 1.54) is 17.4 Å². The van der Waals surface area contributed by atoms with Gasteiger partial charge in [0.2, 0.25) is 5.91 Å². The van der Waals surface area contributed by atoms with E-state index < -0.39 is 17.3 Å². The zero-order valence-electron chi connectivity index (χ0n) is 20.9. The maximum atomic E-state index is 14.0. The Balaban J connectivity index is 1.58. The second kappa shape index (κ2) is 11.2. The number of rotatable bonds is 7. The van der Waals surface area contributed by atoms with Gasteiger partial charge < -0.3 is 10.4 Å². The predicted molar refractivity (Wildman–Crippen MR) is 156 cm³/mol. The standard InChI is InChI=1S/C31H24Cl2N2O3S/c1-19-6-5-7-20(14-19)17-34-29(38)31(30-35-27(18-39-30)22-10-11-25(32)26(33)15-22)13-12-23(24(16-31)28(36)37)21-8-3-2-4-9-21/h2-16,18,23H,17H2,1H3,(H,34,38)(H,36,37). The van der Waals surface area contributed by atoms with Crippen molar-refractivity contribution in [2.24, 2.45) is 0 Å². The second-order valence-electron chi connectivity index (χ2n) is 9.36. The molecule has 0 bridgehead atoms. The number of thiazole rings is 1. The number of allylic oxidation sites excluding steroid dienone is 1. The fourth-order valence-corrected chi connectivity index (χ4v) is 5.93. The molecule has 1 aliphatic carbocycles. The Morgan fingerprint density at radius 2 is 1.82 bits per heavy atom. The van der Waals surface area contributed by atoms with Gasteiger partial charge in [-0.3, -0.25) is 4.79 Å². The lowest BCUT2D eigenvalue weighted by Gasteiger charge is -2.30. The van der Waals surface area contributed by atoms with Crippen molar-refractivity contribution in [1.29, 1.82) is 0 Å². The van der Waals surface area contributed by atoms with Gasteiger partial charge in [-0.05, 0) is 36.3 Å². The number of carboxylic acid groups (broad SMARTS) is 1. The summed E-state index contributed by atoms with van der Waals surface area (Å²) in [6.07, 6.45) is 5.08. The van der Waals surface area contributed by atoms with Crippen molar-refractivity contribution in [2.75, 3.05) is 0 Å². The Bertz CT molecular complexity index is 1610. The average molecular weight is 576 g/mol. The predicted octanol–water partition coefficient (Wildman–Crippen LogP) is 7.34. The molecule has 1 heterocycles. The molecule has 1 aliphatic rings. The van der Waals surface area contributed by atoms with Gasteiger partial charge >= 0.3 is 5.97 Å². The van der Waals surface area contributed by atoms with Gasteiger partial charge in [0.25, 0.3) is 0 Å². The first-order valence-corrected chi connectivity index (χ1v) is 13.9. The minimum atomic E-state index is -1.41. The summed E-state index contributed by atoms with van der Waals surface area (Å²) in [7, 11) is 0. The van der Waals surface area contributed by atoms with Gasteiger partial charge in [0.05, 0.1) is 15.7 Å². The summed E-state index contributed by atoms with van der Waals surface area (Å²) >= 11 is 13.6. The molecule has 2 atom stereocenters. The number of carboxylic acids is 1. The molecule has 0 aliphatic heterocycles. The van der Waals surface area contributed by atoms with E-state index in [4.69, 9.17) is 28.2 Å². The monoisotopic (exact) mass is 574 g/mol. The molecule has 0 radical (unpaired) electrons. The molecule has 3 aromatic carbocycles. The van der Waals surface area contributed by atoms with Crippen LogP contribution >= 0.6 is 34.5 Å². The average Bonchev–Trinajstić information content (AvgIpc) is 3.44. The Labute approximate surface area is 240 Å². The third kappa shape index (κ3) is 5.55. The smallest absolute Gasteiger partial charge is 0.332 e. The van der Waals surface area contributed by atoms with Gasteiger partial charge in [-0.2, -0.15) is 0 Å². The number of amides is 1. The summed E-state index contributed by atoms with van der Waals surface area (Å²) in [5.74, 6) is -1.96. The highest BCUT2D eigenvalue weighted by Crippen LogP contribution is 2.42. The van der Waals surface area contributed by atoms with E-state index >= 15 is 0 Å². The fourth-order valence-electron chi connectivity index (χ4n) is 4.65. The SMILES string of the molecule is Cc1cccc(CNC(=O)C2(c3nc(-c4ccc(Cl)c(Cl)c4)cs3)C=CC(c3ccccc3)C(C(=O)O)=C2)c1. The van der Waals surface area contributed by atoms with E-state index in [9.17, 15) is 14.7 Å². The lowest BCUT2D eigenvalue weighted by atomic mass is 9.75. The maximum absolute atomic E-state index is 14.0. The molecule has 196 valence electrons. The van der Waals surface area contributed by atoms with Crippen molar-refractivity contribution < 1.29 is 14.7 Å². The largest absolute Gasteiger partial charge is 0.478 e. The third-order valence-corrected chi connectivity index (χ3v) is 8.39. The number of aliphatic carboxylic acids is 1. The molecule has 0 spiro atoms. The fraction of sp³-hybridized carbons (Fsp3) is 0.129. The van der Waals surface area contributed by atoms with E-state index in [1.807, 2.05) is 66.9 Å². The molecule has 39 heavy (non-hydrogen) atoms. The highest BCUT2D eigenvalue weighted by atomic mass is 35.5. The summed E-state index contributed by atoms with van der Waals surface area (Å²) in [5, 5.41) is 16.4. The van der Waals surface area contributed by atoms with E-state index in [-0.39, 0.29) is 11.5 Å². The molecule has 0 saturated heterocycles. The zero-order chi connectivity index (χ0) is 27.6. The van der Waals surface area contributed by atoms with Crippen LogP contribution in [0, 0.1) is 6.92 Å². The van der Waals surface area contributed by atoms with E-state index in [0.29, 0.717) is 27.3 Å². The summed E-state index contributed by atoms with van der Waals surface area (Å²) in [6, 6.07) is 22.4. The van der Waals surface area contributed by atoms with Gasteiger partial charge in [0, 0.05) is 29.0 Å². The first-order chi connectivity index (χ1) is 18.8. The molecule has 1 aromatic heterocycles. The van der Waals surface area contributed by atoms with Crippen LogP contribution in [0.4, 0.5) is 0 Å². The zero-order valence-corrected chi connectivity index (χ0v) is 23.2. The Morgan fingerprint density at radius 3 is 2.54 bits per heavy atom. The number of halogens is 2. The van der Waals surface area contributed by atoms with Crippen LogP contribution < -0.4 is 5.32 Å². The highest BCUT2D eigenvalue weighted by molar-refractivity contribution is 7.10. The lowest BCUT2D eigenvalue weighted by molar-refractivity contribution is -0.132. The van der Waals surface area contributed by atoms with E-state index in [1.54, 1.807) is 30.4 Å². The number of aryl methyl sites for hydroxylation is 1. The summed E-state index contributed by atoms with van der Waals surface area (Å²) < 4.78 is 0. The number of aromatic nitrogens is 1. The molecule has 0 saturated carbocycles. The van der Waals surface area contributed by atoms with E-state index in [0.717, 1.165) is 22.3 Å². The van der Waals surface area contributed by atoms with Crippen LogP contribution in [0.5, 0.6) is 0 Å². The molecule has 1 amide bonds. The van der Waals surface area contributed by atoms with Crippen molar-refractivity contribution in [3.8, 4) is 11.3 Å². The second-order valence-corrected chi connectivity index (χ2v) is 11.0. The van der Waals surface area contributed by atoms with Crippen LogP contribution in [0.15, 0.2) is 102 Å². The van der Waals surface area contributed by atoms with Crippen LogP contribution in [0.25, 0.3) is 11.3 Å². The normalized spacial score (nSPS) is 18.4. The molecule has 8 heteroatoms. The summed E-state index contributed by atoms with van der Waals surface area (Å²) in [6.45, 7) is 2.28. The van der Waals surface area contributed by atoms with Gasteiger partial charge in [0.15, 0.2) is 0 Å². The molecular weight excluding hydrogens is 551 g/mol. The van der Waals surface area contributed by atoms with Crippen LogP contribution in [-0.2, 0) is 21.5 Å². The van der Waals surface area contributed by atoms with Crippen molar-refractivity contribution in [3.05, 3.63) is 134 Å². The minimum absolute atomic E-state index is 0.112. The minimum Gasteiger partial charge on any atom is -0.478 e. The molecule has 5 rings (SSSR count). The summed E-state index contributed by atoms with van der Waals surface area (Å²) in [4.78, 5) is 31.3. The van der Waals surface area contributed by atoms with Crippen LogP contribution in [0.2, 0.25) is 10.0 Å². The van der Waals surface area contributed by atoms with Crippen LogP contribution in [0.3, 0.4) is 0 Å². The highest BCUT2D eigenvalue weighted by Gasteiger charge is 2.43. The third-order valence-electron chi connectivity index (χ3n) is 6.66. The number of carbonyl (C=O) groups excluding carboxylic acids is 1. The number of benzene rings is 3. The molecule has 5 nitrogen and oxygen atoms in total. The molecule has 4 aromatic rings. The first-order valence-electron chi connectivity index (χ1n) is 12.2. The lowest BCUT2D eigenvalue weighted by Crippen LogP contribution is -2.43. The number of carbonyl (C=O) groups is 2. The first kappa shape index (κ1) is 26.9. The van der Waals surface area contributed by atoms with Gasteiger partial charge in [-0.1, -0.05) is 102 Å². The van der Waals surface area contributed by atoms with Gasteiger partial charge in [-0.25, -0.2) is 9.78 Å². The van der Waals surface area contributed by atoms with Crippen molar-refractivity contribution >= 4 is 46.4 Å².